The Bertz CT molecular complexity index is 607. The molecule has 0 unspecified atom stereocenters. The number of nitrogens with zero attached hydrogens (tertiary/aromatic N) is 1. The van der Waals surface area contributed by atoms with Crippen molar-refractivity contribution in [2.45, 2.75) is 70.1 Å². The van der Waals surface area contributed by atoms with Crippen molar-refractivity contribution in [2.24, 2.45) is 11.7 Å². The van der Waals surface area contributed by atoms with Gasteiger partial charge >= 0.3 is 5.97 Å². The number of aromatic nitrogens is 1. The number of rotatable bonds is 10. The van der Waals surface area contributed by atoms with Crippen LogP contribution < -0.4 is 10.5 Å². The maximum atomic E-state index is 11.7. The van der Waals surface area contributed by atoms with Gasteiger partial charge in [-0.15, -0.1) is 0 Å². The molecule has 1 saturated carbocycles. The molecule has 1 aromatic heterocycles. The number of hydrogen-bond donors (Lipinski definition) is 3. The summed E-state index contributed by atoms with van der Waals surface area (Å²) in [5, 5.41) is 20.3. The van der Waals surface area contributed by atoms with Crippen LogP contribution in [-0.2, 0) is 11.2 Å². The van der Waals surface area contributed by atoms with Crippen LogP contribution in [0.25, 0.3) is 0 Å². The van der Waals surface area contributed by atoms with Crippen LogP contribution in [0, 0.1) is 5.92 Å². The van der Waals surface area contributed by atoms with Gasteiger partial charge in [-0.1, -0.05) is 13.8 Å². The quantitative estimate of drug-likeness (QED) is 0.522. The zero-order valence-electron chi connectivity index (χ0n) is 16.3. The molecule has 27 heavy (non-hydrogen) atoms. The second-order valence-corrected chi connectivity index (χ2v) is 8.72. The molecule has 0 radical (unpaired) electrons. The minimum atomic E-state index is -2.05. The second-order valence-electron chi connectivity index (χ2n) is 7.57. The van der Waals surface area contributed by atoms with E-state index in [-0.39, 0.29) is 12.5 Å². The number of carboxylic acids is 1. The fraction of sp³-hybridized carbons (Fsp3) is 0.700. The highest BCUT2D eigenvalue weighted by Crippen LogP contribution is 2.28. The SMILES string of the molecule is CCCSC[C@H](N)[C@](O)(Cc1cc(OC2CCC(C)CC2)ccn1)C(=O)O. The lowest BCUT2D eigenvalue weighted by molar-refractivity contribution is -0.160. The normalized spacial score (nSPS) is 23.4. The van der Waals surface area contributed by atoms with Crippen molar-refractivity contribution in [1.29, 1.82) is 0 Å². The molecule has 2 rings (SSSR count). The molecule has 1 aromatic rings. The summed E-state index contributed by atoms with van der Waals surface area (Å²) in [4.78, 5) is 16.0. The highest BCUT2D eigenvalue weighted by molar-refractivity contribution is 7.99. The zero-order valence-corrected chi connectivity index (χ0v) is 17.1. The van der Waals surface area contributed by atoms with E-state index >= 15 is 0 Å². The van der Waals surface area contributed by atoms with Gasteiger partial charge in [0.15, 0.2) is 5.60 Å². The van der Waals surface area contributed by atoms with Gasteiger partial charge in [-0.3, -0.25) is 4.98 Å². The molecule has 1 heterocycles. The van der Waals surface area contributed by atoms with E-state index in [1.165, 1.54) is 0 Å². The monoisotopic (exact) mass is 396 g/mol. The third-order valence-electron chi connectivity index (χ3n) is 5.13. The Balaban J connectivity index is 2.04. The van der Waals surface area contributed by atoms with Gasteiger partial charge in [0.1, 0.15) is 5.75 Å². The summed E-state index contributed by atoms with van der Waals surface area (Å²) in [6, 6.07) is 2.62. The lowest BCUT2D eigenvalue weighted by atomic mass is 9.89. The van der Waals surface area contributed by atoms with Crippen molar-refractivity contribution >= 4 is 17.7 Å². The van der Waals surface area contributed by atoms with E-state index in [2.05, 4.69) is 11.9 Å². The number of aliphatic hydroxyl groups is 1. The van der Waals surface area contributed by atoms with Gasteiger partial charge in [0.25, 0.3) is 0 Å². The molecule has 152 valence electrons. The fourth-order valence-electron chi connectivity index (χ4n) is 3.30. The molecule has 0 amide bonds. The summed E-state index contributed by atoms with van der Waals surface area (Å²) in [5.74, 6) is 1.36. The maximum absolute atomic E-state index is 11.7. The molecule has 0 spiro atoms. The number of aliphatic carboxylic acids is 1. The van der Waals surface area contributed by atoms with E-state index < -0.39 is 17.6 Å². The van der Waals surface area contributed by atoms with E-state index in [9.17, 15) is 15.0 Å². The van der Waals surface area contributed by atoms with E-state index in [0.717, 1.165) is 43.8 Å². The molecule has 0 aromatic carbocycles. The number of hydrogen-bond acceptors (Lipinski definition) is 6. The molecule has 0 saturated heterocycles. The van der Waals surface area contributed by atoms with Crippen molar-refractivity contribution < 1.29 is 19.7 Å². The Morgan fingerprint density at radius 3 is 2.78 bits per heavy atom. The van der Waals surface area contributed by atoms with Crippen LogP contribution >= 0.6 is 11.8 Å². The third kappa shape index (κ3) is 6.36. The van der Waals surface area contributed by atoms with E-state index in [1.807, 2.05) is 6.92 Å². The average Bonchev–Trinajstić information content (AvgIpc) is 2.64. The van der Waals surface area contributed by atoms with Gasteiger partial charge in [0.05, 0.1) is 12.1 Å². The number of carbonyl (C=O) groups is 1. The molecular formula is C20H32N2O4S. The highest BCUT2D eigenvalue weighted by atomic mass is 32.2. The standard InChI is InChI=1S/C20H32N2O4S/c1-3-10-27-13-18(21)20(25,19(23)24)12-15-11-17(8-9-22-15)26-16-6-4-14(2)5-7-16/h8-9,11,14,16,18,25H,3-7,10,12-13,21H2,1-2H3,(H,23,24)/t14?,16?,18-,20+/m0/s1. The van der Waals surface area contributed by atoms with Crippen molar-refractivity contribution in [1.82, 2.24) is 4.98 Å². The Morgan fingerprint density at radius 2 is 2.15 bits per heavy atom. The number of ether oxygens (including phenoxy) is 1. The van der Waals surface area contributed by atoms with Crippen molar-refractivity contribution in [3.05, 3.63) is 24.0 Å². The maximum Gasteiger partial charge on any atom is 0.337 e. The molecule has 0 aliphatic heterocycles. The minimum absolute atomic E-state index is 0.144. The first-order valence-electron chi connectivity index (χ1n) is 9.75. The summed E-state index contributed by atoms with van der Waals surface area (Å²) in [6.45, 7) is 4.31. The van der Waals surface area contributed by atoms with Crippen LogP contribution in [0.2, 0.25) is 0 Å². The lowest BCUT2D eigenvalue weighted by Gasteiger charge is -2.30. The molecule has 1 fully saturated rings. The molecular weight excluding hydrogens is 364 g/mol. The molecule has 1 aliphatic rings. The Kier molecular flexibility index (Phi) is 8.38. The van der Waals surface area contributed by atoms with Gasteiger partial charge in [-0.05, 0) is 49.8 Å². The van der Waals surface area contributed by atoms with E-state index in [0.29, 0.717) is 17.2 Å². The third-order valence-corrected chi connectivity index (χ3v) is 6.43. The molecule has 7 heteroatoms. The van der Waals surface area contributed by atoms with Crippen molar-refractivity contribution in [2.75, 3.05) is 11.5 Å². The summed E-state index contributed by atoms with van der Waals surface area (Å²) in [7, 11) is 0. The van der Waals surface area contributed by atoms with Crippen molar-refractivity contribution in [3.63, 3.8) is 0 Å². The van der Waals surface area contributed by atoms with Gasteiger partial charge in [0, 0.05) is 30.1 Å². The lowest BCUT2D eigenvalue weighted by Crippen LogP contribution is -2.57. The van der Waals surface area contributed by atoms with E-state index in [1.54, 1.807) is 30.1 Å². The molecule has 4 N–H and O–H groups in total. The smallest absolute Gasteiger partial charge is 0.337 e. The van der Waals surface area contributed by atoms with Gasteiger partial charge in [-0.2, -0.15) is 11.8 Å². The Labute approximate surface area is 165 Å². The van der Waals surface area contributed by atoms with Crippen LogP contribution in [0.15, 0.2) is 18.3 Å². The van der Waals surface area contributed by atoms with Crippen LogP contribution in [0.4, 0.5) is 0 Å². The number of pyridine rings is 1. The molecule has 6 nitrogen and oxygen atoms in total. The van der Waals surface area contributed by atoms with Crippen molar-refractivity contribution in [3.8, 4) is 5.75 Å². The molecule has 0 bridgehead atoms. The Morgan fingerprint density at radius 1 is 1.44 bits per heavy atom. The zero-order chi connectivity index (χ0) is 19.9. The van der Waals surface area contributed by atoms with Crippen LogP contribution in [0.1, 0.15) is 51.6 Å². The summed E-state index contributed by atoms with van der Waals surface area (Å²) in [5.41, 5.74) is 4.45. The predicted molar refractivity (Wildman–Crippen MR) is 108 cm³/mol. The first kappa shape index (κ1) is 22.0. The second kappa shape index (κ2) is 10.3. The number of carboxylic acid groups (broad SMARTS) is 1. The summed E-state index contributed by atoms with van der Waals surface area (Å²) < 4.78 is 6.05. The topological polar surface area (TPSA) is 106 Å². The highest BCUT2D eigenvalue weighted by Gasteiger charge is 2.42. The molecule has 2 atom stereocenters. The predicted octanol–water partition coefficient (Wildman–Crippen LogP) is 2.87. The largest absolute Gasteiger partial charge is 0.490 e. The Hall–Kier alpha value is -1.31. The van der Waals surface area contributed by atoms with Crippen LogP contribution in [-0.4, -0.2) is 50.4 Å². The van der Waals surface area contributed by atoms with Gasteiger partial charge in [-0.25, -0.2) is 4.79 Å². The summed E-state index contributed by atoms with van der Waals surface area (Å²) >= 11 is 1.55. The first-order chi connectivity index (χ1) is 12.8. The van der Waals surface area contributed by atoms with Gasteiger partial charge in [0.2, 0.25) is 0 Å². The fourth-order valence-corrected chi connectivity index (χ4v) is 4.28. The summed E-state index contributed by atoms with van der Waals surface area (Å²) in [6.07, 6.45) is 6.98. The number of nitrogens with two attached hydrogens (primary N) is 1. The number of thioether (sulfide) groups is 1. The van der Waals surface area contributed by atoms with Crippen LogP contribution in [0.3, 0.4) is 0 Å². The van der Waals surface area contributed by atoms with Gasteiger partial charge < -0.3 is 20.7 Å². The molecule has 1 aliphatic carbocycles. The van der Waals surface area contributed by atoms with E-state index in [4.69, 9.17) is 10.5 Å². The minimum Gasteiger partial charge on any atom is -0.490 e. The van der Waals surface area contributed by atoms with Crippen LogP contribution in [0.5, 0.6) is 5.75 Å². The average molecular weight is 397 g/mol. The first-order valence-corrected chi connectivity index (χ1v) is 10.9.